The summed E-state index contributed by atoms with van der Waals surface area (Å²) in [4.78, 5) is 11.8. The topological polar surface area (TPSA) is 46.5 Å². The van der Waals surface area contributed by atoms with Crippen molar-refractivity contribution in [1.82, 2.24) is 0 Å². The van der Waals surface area contributed by atoms with Gasteiger partial charge in [0.15, 0.2) is 0 Å². The average molecular weight is 328 g/mol. The molecule has 0 saturated heterocycles. The number of hydrogen-bond acceptors (Lipinski definition) is 2. The van der Waals surface area contributed by atoms with Gasteiger partial charge in [-0.25, -0.2) is 4.39 Å². The van der Waals surface area contributed by atoms with E-state index in [1.165, 1.54) is 12.1 Å². The number of ether oxygens (including phenoxy) is 1. The van der Waals surface area contributed by atoms with Gasteiger partial charge in [0, 0.05) is 0 Å². The van der Waals surface area contributed by atoms with Crippen molar-refractivity contribution in [2.45, 2.75) is 44.6 Å². The van der Waals surface area contributed by atoms with Crippen LogP contribution in [0.15, 0.2) is 42.5 Å². The van der Waals surface area contributed by atoms with Gasteiger partial charge in [0.25, 0.3) is 0 Å². The van der Waals surface area contributed by atoms with Crippen molar-refractivity contribution in [1.29, 1.82) is 0 Å². The normalized spacial score (nSPS) is 15.8. The van der Waals surface area contributed by atoms with Crippen LogP contribution in [0.25, 0.3) is 11.1 Å². The van der Waals surface area contributed by atoms with Crippen LogP contribution in [0.2, 0.25) is 0 Å². The highest BCUT2D eigenvalue weighted by molar-refractivity contribution is 5.84. The lowest BCUT2D eigenvalue weighted by Gasteiger charge is -2.38. The molecule has 0 aromatic heterocycles. The fraction of sp³-hybridized carbons (Fsp3) is 0.350. The highest BCUT2D eigenvalue weighted by Gasteiger charge is 2.46. The molecule has 3 nitrogen and oxygen atoms in total. The van der Waals surface area contributed by atoms with E-state index in [9.17, 15) is 14.3 Å². The zero-order chi connectivity index (χ0) is 17.3. The van der Waals surface area contributed by atoms with Crippen molar-refractivity contribution in [3.05, 3.63) is 53.8 Å². The molecule has 0 heterocycles. The molecule has 0 bridgehead atoms. The van der Waals surface area contributed by atoms with Crippen molar-refractivity contribution in [2.24, 2.45) is 0 Å². The summed E-state index contributed by atoms with van der Waals surface area (Å²) in [6, 6.07) is 11.8. The second kappa shape index (κ2) is 6.27. The predicted molar refractivity (Wildman–Crippen MR) is 90.8 cm³/mol. The summed E-state index contributed by atoms with van der Waals surface area (Å²) in [6.45, 7) is 3.86. The van der Waals surface area contributed by atoms with Crippen LogP contribution < -0.4 is 4.74 Å². The van der Waals surface area contributed by atoms with Gasteiger partial charge >= 0.3 is 5.97 Å². The van der Waals surface area contributed by atoms with Crippen LogP contribution in [0.5, 0.6) is 5.75 Å². The van der Waals surface area contributed by atoms with Gasteiger partial charge in [-0.2, -0.15) is 0 Å². The molecule has 0 spiro atoms. The Kier molecular flexibility index (Phi) is 4.31. The first-order valence-corrected chi connectivity index (χ1v) is 8.22. The van der Waals surface area contributed by atoms with Gasteiger partial charge in [-0.05, 0) is 73.7 Å². The summed E-state index contributed by atoms with van der Waals surface area (Å²) in [5, 5.41) is 9.72. The molecule has 24 heavy (non-hydrogen) atoms. The van der Waals surface area contributed by atoms with Gasteiger partial charge in [0.05, 0.1) is 11.5 Å². The number of benzene rings is 2. The van der Waals surface area contributed by atoms with Crippen molar-refractivity contribution >= 4 is 5.97 Å². The summed E-state index contributed by atoms with van der Waals surface area (Å²) in [5.41, 5.74) is 1.62. The van der Waals surface area contributed by atoms with Crippen LogP contribution in [0.3, 0.4) is 0 Å². The first-order valence-electron chi connectivity index (χ1n) is 8.22. The maximum Gasteiger partial charge on any atom is 0.314 e. The third-order valence-corrected chi connectivity index (χ3v) is 4.62. The minimum atomic E-state index is -0.828. The number of carboxylic acids is 1. The van der Waals surface area contributed by atoms with E-state index >= 15 is 0 Å². The highest BCUT2D eigenvalue weighted by Crippen LogP contribution is 2.46. The van der Waals surface area contributed by atoms with Crippen LogP contribution in [-0.4, -0.2) is 17.2 Å². The lowest BCUT2D eigenvalue weighted by atomic mass is 9.64. The minimum absolute atomic E-state index is 0.0107. The zero-order valence-corrected chi connectivity index (χ0v) is 13.9. The molecule has 0 radical (unpaired) electrons. The Labute approximate surface area is 141 Å². The van der Waals surface area contributed by atoms with E-state index in [0.29, 0.717) is 18.6 Å². The fourth-order valence-electron chi connectivity index (χ4n) is 3.18. The zero-order valence-electron chi connectivity index (χ0n) is 13.9. The van der Waals surface area contributed by atoms with Crippen molar-refractivity contribution < 1.29 is 19.0 Å². The molecule has 1 N–H and O–H groups in total. The van der Waals surface area contributed by atoms with E-state index in [2.05, 4.69) is 0 Å². The van der Waals surface area contributed by atoms with E-state index in [1.807, 2.05) is 32.0 Å². The molecular formula is C20H21FO3. The Morgan fingerprint density at radius 3 is 2.29 bits per heavy atom. The molecule has 3 rings (SSSR count). The molecule has 4 heteroatoms. The molecule has 1 aliphatic carbocycles. The maximum absolute atomic E-state index is 13.2. The van der Waals surface area contributed by atoms with Crippen molar-refractivity contribution in [3.8, 4) is 16.9 Å². The molecule has 2 aromatic rings. The predicted octanol–water partition coefficient (Wildman–Crippen LogP) is 4.79. The smallest absolute Gasteiger partial charge is 0.314 e. The Bertz CT molecular complexity index is 746. The maximum atomic E-state index is 13.2. The fourth-order valence-corrected chi connectivity index (χ4v) is 3.18. The molecule has 0 atom stereocenters. The largest absolute Gasteiger partial charge is 0.491 e. The number of rotatable bonds is 5. The summed E-state index contributed by atoms with van der Waals surface area (Å²) >= 11 is 0. The van der Waals surface area contributed by atoms with Gasteiger partial charge in [-0.15, -0.1) is 0 Å². The lowest BCUT2D eigenvalue weighted by Crippen LogP contribution is -2.42. The Morgan fingerprint density at radius 2 is 1.79 bits per heavy atom. The van der Waals surface area contributed by atoms with E-state index in [0.717, 1.165) is 23.1 Å². The minimum Gasteiger partial charge on any atom is -0.491 e. The average Bonchev–Trinajstić information content (AvgIpc) is 2.45. The SMILES string of the molecule is CC(C)Oc1cc(-c2ccc(F)cc2)cc(C2(C(=O)O)CCC2)c1. The third kappa shape index (κ3) is 3.01. The number of carboxylic acid groups (broad SMARTS) is 1. The Hall–Kier alpha value is -2.36. The molecule has 0 amide bonds. The molecular weight excluding hydrogens is 307 g/mol. The monoisotopic (exact) mass is 328 g/mol. The van der Waals surface area contributed by atoms with Gasteiger partial charge in [-0.3, -0.25) is 4.79 Å². The molecule has 0 unspecified atom stereocenters. The van der Waals surface area contributed by atoms with Crippen LogP contribution in [0.4, 0.5) is 4.39 Å². The second-order valence-corrected chi connectivity index (χ2v) is 6.66. The molecule has 1 aliphatic rings. The van der Waals surface area contributed by atoms with Crippen LogP contribution in [0.1, 0.15) is 38.7 Å². The van der Waals surface area contributed by atoms with Crippen LogP contribution in [-0.2, 0) is 10.2 Å². The van der Waals surface area contributed by atoms with Gasteiger partial charge < -0.3 is 9.84 Å². The summed E-state index contributed by atoms with van der Waals surface area (Å²) < 4.78 is 19.0. The Morgan fingerprint density at radius 1 is 1.12 bits per heavy atom. The quantitative estimate of drug-likeness (QED) is 0.858. The molecule has 2 aromatic carbocycles. The van der Waals surface area contributed by atoms with Crippen LogP contribution in [0, 0.1) is 5.82 Å². The third-order valence-electron chi connectivity index (χ3n) is 4.62. The van der Waals surface area contributed by atoms with Crippen LogP contribution >= 0.6 is 0 Å². The number of halogens is 1. The first-order chi connectivity index (χ1) is 11.4. The molecule has 0 aliphatic heterocycles. The lowest BCUT2D eigenvalue weighted by molar-refractivity contribution is -0.147. The standard InChI is InChI=1S/C20H21FO3/c1-13(2)24-18-11-15(14-4-6-17(21)7-5-14)10-16(12-18)20(19(22)23)8-3-9-20/h4-7,10-13H,3,8-9H2,1-2H3,(H,22,23). The summed E-state index contributed by atoms with van der Waals surface area (Å²) in [7, 11) is 0. The highest BCUT2D eigenvalue weighted by atomic mass is 19.1. The number of aliphatic carboxylic acids is 1. The van der Waals surface area contributed by atoms with E-state index in [1.54, 1.807) is 12.1 Å². The first kappa shape index (κ1) is 16.5. The molecule has 126 valence electrons. The number of carbonyl (C=O) groups is 1. The second-order valence-electron chi connectivity index (χ2n) is 6.66. The van der Waals surface area contributed by atoms with E-state index in [4.69, 9.17) is 4.74 Å². The molecule has 1 fully saturated rings. The number of hydrogen-bond donors (Lipinski definition) is 1. The summed E-state index contributed by atoms with van der Waals surface area (Å²) in [5.74, 6) is -0.440. The molecule has 1 saturated carbocycles. The van der Waals surface area contributed by atoms with Gasteiger partial charge in [0.2, 0.25) is 0 Å². The summed E-state index contributed by atoms with van der Waals surface area (Å²) in [6.07, 6.45) is 2.17. The van der Waals surface area contributed by atoms with Crippen molar-refractivity contribution in [2.75, 3.05) is 0 Å². The van der Waals surface area contributed by atoms with E-state index in [-0.39, 0.29) is 11.9 Å². The Balaban J connectivity index is 2.10. The van der Waals surface area contributed by atoms with Crippen molar-refractivity contribution in [3.63, 3.8) is 0 Å². The van der Waals surface area contributed by atoms with E-state index < -0.39 is 11.4 Å². The van der Waals surface area contributed by atoms with Gasteiger partial charge in [-0.1, -0.05) is 18.6 Å². The van der Waals surface area contributed by atoms with Gasteiger partial charge in [0.1, 0.15) is 11.6 Å².